The summed E-state index contributed by atoms with van der Waals surface area (Å²) < 4.78 is 87.4. The van der Waals surface area contributed by atoms with E-state index in [1.165, 1.54) is 0 Å². The van der Waals surface area contributed by atoms with Crippen molar-refractivity contribution < 1.29 is 40.9 Å². The van der Waals surface area contributed by atoms with Crippen molar-refractivity contribution in [2.45, 2.75) is 37.7 Å². The molecule has 0 radical (unpaired) electrons. The summed E-state index contributed by atoms with van der Waals surface area (Å²) in [6, 6.07) is 3.54. The zero-order valence-corrected chi connectivity index (χ0v) is 14.5. The minimum Gasteiger partial charge on any atom is -0.369 e. The first-order chi connectivity index (χ1) is 11.0. The number of halogens is 6. The number of hydrogen-bond acceptors (Lipinski definition) is 3. The molecule has 10 heteroatoms. The van der Waals surface area contributed by atoms with Crippen LogP contribution in [0.25, 0.3) is 0 Å². The van der Waals surface area contributed by atoms with E-state index in [0.29, 0.717) is 30.5 Å². The number of alkyl halides is 6. The number of rotatable bonds is 7. The van der Waals surface area contributed by atoms with Crippen LogP contribution in [0, 0.1) is 0 Å². The van der Waals surface area contributed by atoms with E-state index in [2.05, 4.69) is 0 Å². The van der Waals surface area contributed by atoms with Gasteiger partial charge in [-0.3, -0.25) is 0 Å². The molecular formula is C14H18F6O3Si. The normalized spacial score (nSPS) is 14.1. The second-order valence-electron chi connectivity index (χ2n) is 4.95. The highest BCUT2D eigenvalue weighted by atomic mass is 28.2. The Bertz CT molecular complexity index is 495. The van der Waals surface area contributed by atoms with Crippen LogP contribution < -0.4 is 5.19 Å². The third-order valence-electron chi connectivity index (χ3n) is 3.30. The molecular weight excluding hydrogens is 358 g/mol. The van der Waals surface area contributed by atoms with Crippen LogP contribution in [0.1, 0.15) is 19.4 Å². The van der Waals surface area contributed by atoms with E-state index in [1.807, 2.05) is 0 Å². The molecule has 0 atom stereocenters. The van der Waals surface area contributed by atoms with Crippen molar-refractivity contribution in [2.24, 2.45) is 0 Å². The van der Waals surface area contributed by atoms with Gasteiger partial charge in [0.25, 0.3) is 5.60 Å². The number of benzene rings is 1. The highest BCUT2D eigenvalue weighted by molar-refractivity contribution is 6.54. The van der Waals surface area contributed by atoms with Gasteiger partial charge in [-0.25, -0.2) is 0 Å². The summed E-state index contributed by atoms with van der Waals surface area (Å²) >= 11 is 0. The van der Waals surface area contributed by atoms with Gasteiger partial charge in [0.15, 0.2) is 0 Å². The van der Waals surface area contributed by atoms with Crippen LogP contribution in [-0.4, -0.2) is 46.1 Å². The molecule has 1 N–H and O–H groups in total. The molecule has 0 bridgehead atoms. The van der Waals surface area contributed by atoms with Gasteiger partial charge < -0.3 is 14.6 Å². The Labute approximate surface area is 137 Å². The molecule has 0 unspecified atom stereocenters. The van der Waals surface area contributed by atoms with E-state index >= 15 is 0 Å². The van der Waals surface area contributed by atoms with E-state index in [0.717, 1.165) is 12.1 Å². The van der Waals surface area contributed by atoms with E-state index in [1.54, 1.807) is 13.8 Å². The molecule has 0 saturated heterocycles. The summed E-state index contributed by atoms with van der Waals surface area (Å²) in [5, 5.41) is 9.86. The number of aliphatic hydroxyl groups is 1. The van der Waals surface area contributed by atoms with Gasteiger partial charge in [-0.15, -0.1) is 0 Å². The predicted octanol–water partition coefficient (Wildman–Crippen LogP) is 2.15. The van der Waals surface area contributed by atoms with E-state index in [-0.39, 0.29) is 0 Å². The standard InChI is InChI=1S/C14H18F6O3Si/c1-3-22-11(23-4-2)24-10-7-5-9(6-8-10)12(21,13(15,16)17)14(18,19)20/h5-8,11,21H,3-4,24H2,1-2H3. The summed E-state index contributed by atoms with van der Waals surface area (Å²) in [5.74, 6) is -0.519. The molecule has 138 valence electrons. The summed E-state index contributed by atoms with van der Waals surface area (Å²) in [7, 11) is -1.24. The fourth-order valence-corrected chi connectivity index (χ4v) is 3.70. The Hall–Kier alpha value is -1.10. The first kappa shape index (κ1) is 20.9. The van der Waals surface area contributed by atoms with Crippen LogP contribution in [0.2, 0.25) is 0 Å². The largest absolute Gasteiger partial charge is 0.430 e. The number of ether oxygens (including phenoxy) is 2. The lowest BCUT2D eigenvalue weighted by molar-refractivity contribution is -0.376. The lowest BCUT2D eigenvalue weighted by Crippen LogP contribution is -2.54. The fourth-order valence-electron chi connectivity index (χ4n) is 2.10. The molecule has 0 aliphatic heterocycles. The van der Waals surface area contributed by atoms with Crippen LogP contribution in [-0.2, 0) is 15.1 Å². The molecule has 0 fully saturated rings. The van der Waals surface area contributed by atoms with E-state index in [4.69, 9.17) is 9.47 Å². The minimum atomic E-state index is -5.89. The van der Waals surface area contributed by atoms with Gasteiger partial charge >= 0.3 is 12.4 Å². The minimum absolute atomic E-state index is 0.373. The average molecular weight is 376 g/mol. The van der Waals surface area contributed by atoms with Gasteiger partial charge in [-0.1, -0.05) is 29.5 Å². The summed E-state index contributed by atoms with van der Waals surface area (Å²) in [6.07, 6.45) is -11.8. The van der Waals surface area contributed by atoms with Crippen molar-refractivity contribution in [3.63, 3.8) is 0 Å². The van der Waals surface area contributed by atoms with Gasteiger partial charge in [-0.05, 0) is 13.8 Å². The van der Waals surface area contributed by atoms with Crippen molar-refractivity contribution in [1.29, 1.82) is 0 Å². The molecule has 1 aromatic rings. The van der Waals surface area contributed by atoms with Crippen molar-refractivity contribution in [3.05, 3.63) is 29.8 Å². The first-order valence-electron chi connectivity index (χ1n) is 7.15. The molecule has 24 heavy (non-hydrogen) atoms. The third-order valence-corrected chi connectivity index (χ3v) is 5.05. The van der Waals surface area contributed by atoms with Crippen molar-refractivity contribution in [3.8, 4) is 0 Å². The van der Waals surface area contributed by atoms with Crippen molar-refractivity contribution >= 4 is 14.7 Å². The summed E-state index contributed by atoms with van der Waals surface area (Å²) in [4.78, 5) is 0. The molecule has 3 nitrogen and oxygen atoms in total. The Kier molecular flexibility index (Phi) is 6.85. The maximum absolute atomic E-state index is 12.8. The molecule has 0 aliphatic carbocycles. The zero-order chi connectivity index (χ0) is 18.6. The monoisotopic (exact) mass is 376 g/mol. The topological polar surface area (TPSA) is 38.7 Å². The third kappa shape index (κ3) is 4.50. The van der Waals surface area contributed by atoms with Crippen LogP contribution in [0.3, 0.4) is 0 Å². The van der Waals surface area contributed by atoms with Crippen LogP contribution in [0.4, 0.5) is 26.3 Å². The highest BCUT2D eigenvalue weighted by Gasteiger charge is 2.71. The van der Waals surface area contributed by atoms with Crippen LogP contribution in [0.15, 0.2) is 24.3 Å². The van der Waals surface area contributed by atoms with Gasteiger partial charge in [0.05, 0.1) is 0 Å². The van der Waals surface area contributed by atoms with E-state index < -0.39 is 39.0 Å². The maximum atomic E-state index is 12.8. The zero-order valence-electron chi connectivity index (χ0n) is 13.0. The first-order valence-corrected chi connectivity index (χ1v) is 8.68. The molecule has 0 amide bonds. The summed E-state index contributed by atoms with van der Waals surface area (Å²) in [6.45, 7) is 4.24. The second kappa shape index (κ2) is 7.85. The SMILES string of the molecule is CCOC(OCC)[SiH2]c1ccc(C(O)(C(F)(F)F)C(F)(F)F)cc1. The van der Waals surface area contributed by atoms with Crippen molar-refractivity contribution in [1.82, 2.24) is 0 Å². The van der Waals surface area contributed by atoms with Gasteiger partial charge in [0.2, 0.25) is 0 Å². The van der Waals surface area contributed by atoms with Gasteiger partial charge in [-0.2, -0.15) is 26.3 Å². The molecule has 0 saturated carbocycles. The Morgan fingerprint density at radius 2 is 1.33 bits per heavy atom. The van der Waals surface area contributed by atoms with Gasteiger partial charge in [0.1, 0.15) is 15.4 Å². The Balaban J connectivity index is 3.08. The highest BCUT2D eigenvalue weighted by Crippen LogP contribution is 2.49. The maximum Gasteiger partial charge on any atom is 0.430 e. The smallest absolute Gasteiger partial charge is 0.369 e. The molecule has 0 aliphatic rings. The van der Waals surface area contributed by atoms with E-state index in [9.17, 15) is 31.4 Å². The van der Waals surface area contributed by atoms with Crippen molar-refractivity contribution in [2.75, 3.05) is 13.2 Å². The Morgan fingerprint density at radius 3 is 1.67 bits per heavy atom. The summed E-state index contributed by atoms with van der Waals surface area (Å²) in [5.41, 5.74) is -6.18. The molecule has 1 rings (SSSR count). The number of hydrogen-bond donors (Lipinski definition) is 1. The second-order valence-corrected chi connectivity index (χ2v) is 6.84. The molecule has 0 aromatic heterocycles. The van der Waals surface area contributed by atoms with Gasteiger partial charge in [0, 0.05) is 18.8 Å². The quantitative estimate of drug-likeness (QED) is 0.450. The lowest BCUT2D eigenvalue weighted by atomic mass is 9.92. The average Bonchev–Trinajstić information content (AvgIpc) is 2.45. The molecule has 0 heterocycles. The fraction of sp³-hybridized carbons (Fsp3) is 0.571. The molecule has 1 aromatic carbocycles. The Morgan fingerprint density at radius 1 is 0.917 bits per heavy atom. The predicted molar refractivity (Wildman–Crippen MR) is 77.7 cm³/mol. The van der Waals surface area contributed by atoms with Crippen LogP contribution in [0.5, 0.6) is 0 Å². The van der Waals surface area contributed by atoms with Crippen LogP contribution >= 0.6 is 0 Å². The lowest BCUT2D eigenvalue weighted by Gasteiger charge is -2.32. The molecule has 0 spiro atoms.